The van der Waals surface area contributed by atoms with Gasteiger partial charge in [0.25, 0.3) is 0 Å². The van der Waals surface area contributed by atoms with Crippen LogP contribution in [-0.2, 0) is 16.1 Å². The highest BCUT2D eigenvalue weighted by Crippen LogP contribution is 2.16. The van der Waals surface area contributed by atoms with Gasteiger partial charge in [-0.05, 0) is 29.8 Å². The van der Waals surface area contributed by atoms with Gasteiger partial charge in [0.05, 0.1) is 0 Å². The van der Waals surface area contributed by atoms with Crippen LogP contribution in [0.4, 0.5) is 4.39 Å². The Kier molecular flexibility index (Phi) is 6.12. The van der Waals surface area contributed by atoms with E-state index in [-0.39, 0.29) is 19.0 Å². The van der Waals surface area contributed by atoms with Crippen LogP contribution in [0, 0.1) is 5.82 Å². The van der Waals surface area contributed by atoms with Gasteiger partial charge in [-0.1, -0.05) is 43.0 Å². The summed E-state index contributed by atoms with van der Waals surface area (Å²) in [6.07, 6.45) is 4.50. The lowest BCUT2D eigenvalue weighted by Crippen LogP contribution is -1.99. The number of rotatable bonds is 7. The lowest BCUT2D eigenvalue weighted by Gasteiger charge is -2.07. The van der Waals surface area contributed by atoms with E-state index in [1.54, 1.807) is 48.5 Å². The first-order valence-electron chi connectivity index (χ1n) is 7.11. The minimum absolute atomic E-state index is 0.162. The monoisotopic (exact) mass is 312 g/mol. The Bertz CT molecular complexity index is 690. The van der Waals surface area contributed by atoms with Gasteiger partial charge in [0, 0.05) is 11.6 Å². The molecule has 0 N–H and O–H groups in total. The van der Waals surface area contributed by atoms with Crippen LogP contribution in [0.5, 0.6) is 5.75 Å². The van der Waals surface area contributed by atoms with Crippen LogP contribution < -0.4 is 4.74 Å². The van der Waals surface area contributed by atoms with Gasteiger partial charge in [0.2, 0.25) is 0 Å². The van der Waals surface area contributed by atoms with Gasteiger partial charge in [0.1, 0.15) is 24.8 Å². The molecule has 0 radical (unpaired) electrons. The van der Waals surface area contributed by atoms with Crippen molar-refractivity contribution in [2.45, 2.75) is 6.61 Å². The Morgan fingerprint density at radius 1 is 1.13 bits per heavy atom. The van der Waals surface area contributed by atoms with Gasteiger partial charge in [-0.25, -0.2) is 9.18 Å². The molecule has 0 fully saturated rings. The third-order valence-corrected chi connectivity index (χ3v) is 2.99. The second-order valence-corrected chi connectivity index (χ2v) is 4.70. The highest BCUT2D eigenvalue weighted by atomic mass is 19.1. The first-order chi connectivity index (χ1) is 11.2. The fourth-order valence-electron chi connectivity index (χ4n) is 1.81. The van der Waals surface area contributed by atoms with E-state index in [1.807, 2.05) is 0 Å². The van der Waals surface area contributed by atoms with Crippen molar-refractivity contribution in [3.8, 4) is 5.75 Å². The summed E-state index contributed by atoms with van der Waals surface area (Å²) in [4.78, 5) is 11.3. The van der Waals surface area contributed by atoms with E-state index in [2.05, 4.69) is 6.58 Å². The Morgan fingerprint density at radius 2 is 1.87 bits per heavy atom. The molecule has 2 rings (SSSR count). The molecule has 0 atom stereocenters. The van der Waals surface area contributed by atoms with Crippen LogP contribution in [0.2, 0.25) is 0 Å². The van der Waals surface area contributed by atoms with Crippen LogP contribution in [0.25, 0.3) is 6.08 Å². The SMILES string of the molecule is C=CCOC(=O)/C=C/c1ccc(OCc2ccccc2F)cc1. The first-order valence-corrected chi connectivity index (χ1v) is 7.11. The molecule has 0 aliphatic rings. The van der Waals surface area contributed by atoms with Crippen molar-refractivity contribution in [3.05, 3.63) is 84.2 Å². The number of benzene rings is 2. The summed E-state index contributed by atoms with van der Waals surface area (Å²) in [5.74, 6) is -0.0884. The molecule has 0 heterocycles. The number of halogens is 1. The smallest absolute Gasteiger partial charge is 0.331 e. The maximum absolute atomic E-state index is 13.5. The van der Waals surface area contributed by atoms with Gasteiger partial charge < -0.3 is 9.47 Å². The minimum atomic E-state index is -0.426. The molecule has 0 bridgehead atoms. The summed E-state index contributed by atoms with van der Waals surface area (Å²) in [6.45, 7) is 3.82. The van der Waals surface area contributed by atoms with Gasteiger partial charge in [-0.2, -0.15) is 0 Å². The van der Waals surface area contributed by atoms with Gasteiger partial charge in [-0.3, -0.25) is 0 Å². The molecule has 0 saturated carbocycles. The highest BCUT2D eigenvalue weighted by Gasteiger charge is 2.01. The van der Waals surface area contributed by atoms with Crippen molar-refractivity contribution in [1.82, 2.24) is 0 Å². The third-order valence-electron chi connectivity index (χ3n) is 2.99. The maximum Gasteiger partial charge on any atom is 0.331 e. The summed E-state index contributed by atoms with van der Waals surface area (Å²) < 4.78 is 23.9. The molecule has 0 aromatic heterocycles. The van der Waals surface area contributed by atoms with E-state index in [0.29, 0.717) is 11.3 Å². The van der Waals surface area contributed by atoms with E-state index in [4.69, 9.17) is 9.47 Å². The minimum Gasteiger partial charge on any atom is -0.489 e. The molecule has 0 aliphatic heterocycles. The molecule has 0 unspecified atom stereocenters. The van der Waals surface area contributed by atoms with Gasteiger partial charge in [-0.15, -0.1) is 0 Å². The molecule has 23 heavy (non-hydrogen) atoms. The fraction of sp³-hybridized carbons (Fsp3) is 0.105. The first kappa shape index (κ1) is 16.5. The van der Waals surface area contributed by atoms with Crippen LogP contribution in [0.3, 0.4) is 0 Å². The van der Waals surface area contributed by atoms with Crippen molar-refractivity contribution in [2.75, 3.05) is 6.61 Å². The van der Waals surface area contributed by atoms with E-state index >= 15 is 0 Å². The highest BCUT2D eigenvalue weighted by molar-refractivity contribution is 5.87. The topological polar surface area (TPSA) is 35.5 Å². The van der Waals surface area contributed by atoms with Crippen LogP contribution in [-0.4, -0.2) is 12.6 Å². The molecular weight excluding hydrogens is 295 g/mol. The Labute approximate surface area is 134 Å². The number of ether oxygens (including phenoxy) is 2. The standard InChI is InChI=1S/C19H17FO3/c1-2-13-22-19(21)12-9-15-7-10-17(11-8-15)23-14-16-5-3-4-6-18(16)20/h2-12H,1,13-14H2/b12-9+. The molecule has 118 valence electrons. The maximum atomic E-state index is 13.5. The molecule has 2 aromatic rings. The predicted molar refractivity (Wildman–Crippen MR) is 87.4 cm³/mol. The molecule has 0 aliphatic carbocycles. The quantitative estimate of drug-likeness (QED) is 0.438. The van der Waals surface area contributed by atoms with Gasteiger partial charge >= 0.3 is 5.97 Å². The molecule has 0 amide bonds. The van der Waals surface area contributed by atoms with Crippen LogP contribution >= 0.6 is 0 Å². The van der Waals surface area contributed by atoms with Crippen molar-refractivity contribution in [1.29, 1.82) is 0 Å². The van der Waals surface area contributed by atoms with E-state index in [0.717, 1.165) is 5.56 Å². The van der Waals surface area contributed by atoms with E-state index in [9.17, 15) is 9.18 Å². The zero-order chi connectivity index (χ0) is 16.5. The number of hydrogen-bond acceptors (Lipinski definition) is 3. The molecule has 3 nitrogen and oxygen atoms in total. The average Bonchev–Trinajstić information content (AvgIpc) is 2.58. The summed E-state index contributed by atoms with van der Waals surface area (Å²) in [6, 6.07) is 13.6. The van der Waals surface area contributed by atoms with Crippen molar-refractivity contribution in [2.24, 2.45) is 0 Å². The molecule has 0 spiro atoms. The fourth-order valence-corrected chi connectivity index (χ4v) is 1.81. The lowest BCUT2D eigenvalue weighted by atomic mass is 10.2. The second kappa shape index (κ2) is 8.54. The third kappa shape index (κ3) is 5.43. The van der Waals surface area contributed by atoms with Crippen molar-refractivity contribution in [3.63, 3.8) is 0 Å². The number of hydrogen-bond donors (Lipinski definition) is 0. The van der Waals surface area contributed by atoms with E-state index < -0.39 is 5.97 Å². The van der Waals surface area contributed by atoms with Crippen molar-refractivity contribution < 1.29 is 18.7 Å². The predicted octanol–water partition coefficient (Wildman–Crippen LogP) is 4.15. The summed E-state index contributed by atoms with van der Waals surface area (Å²) in [7, 11) is 0. The summed E-state index contributed by atoms with van der Waals surface area (Å²) >= 11 is 0. The van der Waals surface area contributed by atoms with E-state index in [1.165, 1.54) is 18.2 Å². The largest absolute Gasteiger partial charge is 0.489 e. The second-order valence-electron chi connectivity index (χ2n) is 4.70. The van der Waals surface area contributed by atoms with Crippen LogP contribution in [0.1, 0.15) is 11.1 Å². The molecular formula is C19H17FO3. The Hall–Kier alpha value is -2.88. The number of carbonyl (C=O) groups is 1. The zero-order valence-electron chi connectivity index (χ0n) is 12.6. The number of carbonyl (C=O) groups excluding carboxylic acids is 1. The summed E-state index contributed by atoms with van der Waals surface area (Å²) in [5.41, 5.74) is 1.33. The normalized spacial score (nSPS) is 10.5. The Morgan fingerprint density at radius 3 is 2.57 bits per heavy atom. The average molecular weight is 312 g/mol. The molecule has 2 aromatic carbocycles. The Balaban J connectivity index is 1.89. The number of esters is 1. The van der Waals surface area contributed by atoms with Crippen molar-refractivity contribution >= 4 is 12.0 Å². The lowest BCUT2D eigenvalue weighted by molar-refractivity contribution is -0.136. The summed E-state index contributed by atoms with van der Waals surface area (Å²) in [5, 5.41) is 0. The van der Waals surface area contributed by atoms with Gasteiger partial charge in [0.15, 0.2) is 0 Å². The zero-order valence-corrected chi connectivity index (χ0v) is 12.6. The van der Waals surface area contributed by atoms with Crippen LogP contribution in [0.15, 0.2) is 67.3 Å². The molecule has 0 saturated heterocycles. The molecule has 4 heteroatoms.